The second-order valence-electron chi connectivity index (χ2n) is 7.26. The van der Waals surface area contributed by atoms with Crippen LogP contribution in [-0.4, -0.2) is 40.6 Å². The molecule has 168 valence electrons. The molecule has 2 N–H and O–H groups in total. The van der Waals surface area contributed by atoms with Gasteiger partial charge in [0.2, 0.25) is 0 Å². The van der Waals surface area contributed by atoms with Gasteiger partial charge >= 0.3 is 5.57 Å². The number of anilines is 1. The minimum atomic E-state index is -3.83. The van der Waals surface area contributed by atoms with Crippen molar-refractivity contribution in [3.63, 3.8) is 0 Å². The van der Waals surface area contributed by atoms with E-state index < -0.39 is 11.5 Å². The van der Waals surface area contributed by atoms with Crippen molar-refractivity contribution in [2.45, 2.75) is 25.1 Å². The predicted octanol–water partition coefficient (Wildman–Crippen LogP) is 3.91. The Morgan fingerprint density at radius 2 is 1.97 bits per heavy atom. The van der Waals surface area contributed by atoms with E-state index in [1.807, 2.05) is 11.5 Å². The van der Waals surface area contributed by atoms with E-state index in [0.717, 1.165) is 0 Å². The summed E-state index contributed by atoms with van der Waals surface area (Å²) in [5, 5.41) is 5.26. The molecule has 1 aromatic heterocycles. The van der Waals surface area contributed by atoms with Gasteiger partial charge in [0.1, 0.15) is 18.2 Å². The van der Waals surface area contributed by atoms with Crippen LogP contribution in [0.3, 0.4) is 0 Å². The maximum atomic E-state index is 12.9. The van der Waals surface area contributed by atoms with Crippen LogP contribution in [0.25, 0.3) is 11.0 Å². The molecule has 8 nitrogen and oxygen atoms in total. The third kappa shape index (κ3) is 4.37. The summed E-state index contributed by atoms with van der Waals surface area (Å²) in [6.45, 7) is 2.76. The van der Waals surface area contributed by atoms with Crippen LogP contribution in [0.15, 0.2) is 36.4 Å². The van der Waals surface area contributed by atoms with Crippen LogP contribution in [0.5, 0.6) is 5.75 Å². The molecule has 3 aromatic rings. The Morgan fingerprint density at radius 1 is 1.25 bits per heavy atom. The number of nitrogens with one attached hydrogen (secondary N) is 2. The molecular formula is C21H19ClF2N4O4. The first-order valence-corrected chi connectivity index (χ1v) is 10.1. The quantitative estimate of drug-likeness (QED) is 0.558. The largest absolute Gasteiger partial charge is 0.487 e. The highest BCUT2D eigenvalue weighted by Gasteiger charge is 2.28. The minimum absolute atomic E-state index is 0.0204. The Balaban J connectivity index is 1.67. The normalized spacial score (nSPS) is 15.8. The lowest BCUT2D eigenvalue weighted by molar-refractivity contribution is -0.0964. The zero-order chi connectivity index (χ0) is 23.0. The lowest BCUT2D eigenvalue weighted by Gasteiger charge is -2.23. The van der Waals surface area contributed by atoms with Gasteiger partial charge in [0.05, 0.1) is 29.2 Å². The van der Waals surface area contributed by atoms with E-state index in [9.17, 15) is 18.4 Å². The van der Waals surface area contributed by atoms with Gasteiger partial charge in [0, 0.05) is 29.9 Å². The van der Waals surface area contributed by atoms with Gasteiger partial charge < -0.3 is 24.7 Å². The van der Waals surface area contributed by atoms with Crippen LogP contribution < -0.4 is 15.4 Å². The number of ether oxygens (including phenoxy) is 2. The first kappa shape index (κ1) is 22.0. The van der Waals surface area contributed by atoms with Gasteiger partial charge in [0.25, 0.3) is 11.8 Å². The van der Waals surface area contributed by atoms with Crippen LogP contribution in [0, 0.1) is 0 Å². The number of carbonyl (C=O) groups is 2. The van der Waals surface area contributed by atoms with Gasteiger partial charge in [-0.2, -0.15) is 0 Å². The number of benzene rings is 2. The summed E-state index contributed by atoms with van der Waals surface area (Å²) in [5.74, 6) is -0.336. The van der Waals surface area contributed by atoms with Gasteiger partial charge in [-0.05, 0) is 43.3 Å². The zero-order valence-electron chi connectivity index (χ0n) is 17.1. The number of hydrogen-bond acceptors (Lipinski definition) is 5. The first-order chi connectivity index (χ1) is 15.2. The van der Waals surface area contributed by atoms with E-state index in [4.69, 9.17) is 16.3 Å². The van der Waals surface area contributed by atoms with Crippen molar-refractivity contribution in [2.24, 2.45) is 0 Å². The Kier molecular flexibility index (Phi) is 5.74. The molecule has 0 saturated heterocycles. The number of amides is 2. The number of fused-ring (bicyclic) bond motifs is 3. The first-order valence-electron chi connectivity index (χ1n) is 9.68. The molecular weight excluding hydrogens is 446 g/mol. The summed E-state index contributed by atoms with van der Waals surface area (Å²) in [6, 6.07) is 8.35. The Bertz CT molecular complexity index is 1190. The average molecular weight is 465 g/mol. The molecule has 11 heteroatoms. The lowest BCUT2D eigenvalue weighted by Crippen LogP contribution is -2.24. The molecule has 0 unspecified atom stereocenters. The summed E-state index contributed by atoms with van der Waals surface area (Å²) in [6.07, 6.45) is 0. The maximum absolute atomic E-state index is 12.9. The third-order valence-corrected chi connectivity index (χ3v) is 5.05. The van der Waals surface area contributed by atoms with Gasteiger partial charge in [-0.25, -0.2) is 4.98 Å². The number of aromatic nitrogens is 2. The van der Waals surface area contributed by atoms with Crippen LogP contribution >= 0.6 is 11.6 Å². The number of nitrogens with zero attached hydrogens (tertiary/aromatic N) is 2. The van der Waals surface area contributed by atoms with E-state index in [-0.39, 0.29) is 23.3 Å². The van der Waals surface area contributed by atoms with Gasteiger partial charge in [0.15, 0.2) is 0 Å². The molecule has 1 aliphatic heterocycles. The molecule has 1 atom stereocenters. The summed E-state index contributed by atoms with van der Waals surface area (Å²) < 4.78 is 37.2. The van der Waals surface area contributed by atoms with Crippen molar-refractivity contribution in [2.75, 3.05) is 19.0 Å². The minimum Gasteiger partial charge on any atom is -0.420 e. The molecule has 2 aromatic carbocycles. The second-order valence-corrected chi connectivity index (χ2v) is 7.70. The summed E-state index contributed by atoms with van der Waals surface area (Å²) >= 11 is 4.75. The van der Waals surface area contributed by atoms with Crippen molar-refractivity contribution >= 4 is 40.1 Å². The van der Waals surface area contributed by atoms with Gasteiger partial charge in [-0.15, -0.1) is 8.78 Å². The molecule has 0 aliphatic carbocycles. The predicted molar refractivity (Wildman–Crippen MR) is 113 cm³/mol. The third-order valence-electron chi connectivity index (χ3n) is 4.97. The molecule has 1 aliphatic rings. The summed E-state index contributed by atoms with van der Waals surface area (Å²) in [4.78, 5) is 30.0. The van der Waals surface area contributed by atoms with Crippen LogP contribution in [0.1, 0.15) is 39.5 Å². The standard InChI is InChI=1S/C21H19ClF2N4O4/c1-11-9-31-10-17-27-16-8-12(7-15(20(30)25-2)18(16)28(11)17)19(29)26-13-3-5-14(6-4-13)32-21(22,23)24/h3-8,11H,9-10H2,1-2H3,(H,25,30)(H,26,29)/t11-/m1/s1. The summed E-state index contributed by atoms with van der Waals surface area (Å²) in [7, 11) is 1.51. The molecule has 0 bridgehead atoms. The number of carbonyl (C=O) groups excluding carboxylic acids is 2. The molecule has 2 heterocycles. The Labute approximate surface area is 186 Å². The van der Waals surface area contributed by atoms with Crippen LogP contribution in [-0.2, 0) is 11.3 Å². The topological polar surface area (TPSA) is 94.5 Å². The Morgan fingerprint density at radius 3 is 2.62 bits per heavy atom. The van der Waals surface area contributed by atoms with E-state index in [1.54, 1.807) is 6.07 Å². The van der Waals surface area contributed by atoms with Crippen molar-refractivity contribution in [3.8, 4) is 5.75 Å². The number of imidazole rings is 1. The zero-order valence-corrected chi connectivity index (χ0v) is 17.9. The number of alkyl halides is 3. The SMILES string of the molecule is CNC(=O)c1cc(C(=O)Nc2ccc(OC(F)(F)Cl)cc2)cc2nc3n(c12)[C@H](C)COC3. The fraction of sp³-hybridized carbons (Fsp3) is 0.286. The van der Waals surface area contributed by atoms with Crippen LogP contribution in [0.2, 0.25) is 0 Å². The highest BCUT2D eigenvalue weighted by atomic mass is 35.5. The molecule has 32 heavy (non-hydrogen) atoms. The van der Waals surface area contributed by atoms with Crippen molar-refractivity contribution in [3.05, 3.63) is 53.3 Å². The smallest absolute Gasteiger partial charge is 0.420 e. The van der Waals surface area contributed by atoms with E-state index in [0.29, 0.717) is 41.3 Å². The highest BCUT2D eigenvalue weighted by Crippen LogP contribution is 2.30. The lowest BCUT2D eigenvalue weighted by atomic mass is 10.1. The van der Waals surface area contributed by atoms with Gasteiger partial charge in [-0.3, -0.25) is 9.59 Å². The maximum Gasteiger partial charge on any atom is 0.487 e. The molecule has 0 spiro atoms. The molecule has 2 amide bonds. The monoisotopic (exact) mass is 464 g/mol. The van der Waals surface area contributed by atoms with E-state index >= 15 is 0 Å². The van der Waals surface area contributed by atoms with Crippen molar-refractivity contribution in [1.82, 2.24) is 14.9 Å². The molecule has 0 saturated carbocycles. The molecule has 4 rings (SSSR count). The molecule has 0 radical (unpaired) electrons. The number of halogens is 3. The van der Waals surface area contributed by atoms with E-state index in [1.165, 1.54) is 37.4 Å². The molecule has 0 fully saturated rings. The van der Waals surface area contributed by atoms with Crippen molar-refractivity contribution in [1.29, 1.82) is 0 Å². The summed E-state index contributed by atoms with van der Waals surface area (Å²) in [5.41, 5.74) is -1.83. The van der Waals surface area contributed by atoms with E-state index in [2.05, 4.69) is 20.4 Å². The average Bonchev–Trinajstić information content (AvgIpc) is 3.12. The number of hydrogen-bond donors (Lipinski definition) is 2. The fourth-order valence-electron chi connectivity index (χ4n) is 3.63. The number of rotatable bonds is 5. The Hall–Kier alpha value is -3.24. The second kappa shape index (κ2) is 8.36. The fourth-order valence-corrected chi connectivity index (χ4v) is 3.72. The van der Waals surface area contributed by atoms with Crippen molar-refractivity contribution < 1.29 is 27.8 Å². The van der Waals surface area contributed by atoms with Gasteiger partial charge in [-0.1, -0.05) is 0 Å². The van der Waals surface area contributed by atoms with Crippen LogP contribution in [0.4, 0.5) is 14.5 Å². The highest BCUT2D eigenvalue weighted by molar-refractivity contribution is 6.20.